The van der Waals surface area contributed by atoms with E-state index in [1.807, 2.05) is 13.8 Å². The highest BCUT2D eigenvalue weighted by Crippen LogP contribution is 2.14. The molecule has 0 spiro atoms. The van der Waals surface area contributed by atoms with Crippen LogP contribution in [0.4, 0.5) is 5.82 Å². The Morgan fingerprint density at radius 1 is 1.28 bits per heavy atom. The first kappa shape index (κ1) is 12.2. The van der Waals surface area contributed by atoms with E-state index in [9.17, 15) is 4.79 Å². The number of nitrogens with zero attached hydrogens (tertiary/aromatic N) is 4. The second-order valence-corrected chi connectivity index (χ2v) is 3.80. The minimum absolute atomic E-state index is 0.0852. The van der Waals surface area contributed by atoms with E-state index in [-0.39, 0.29) is 5.91 Å². The van der Waals surface area contributed by atoms with Gasteiger partial charge in [0.1, 0.15) is 12.1 Å². The van der Waals surface area contributed by atoms with Crippen molar-refractivity contribution in [2.24, 2.45) is 0 Å². The first-order chi connectivity index (χ1) is 8.72. The highest BCUT2D eigenvalue weighted by Gasteiger charge is 2.16. The number of carbonyl (C=O) groups excluding carboxylic acids is 1. The van der Waals surface area contributed by atoms with Crippen molar-refractivity contribution in [3.63, 3.8) is 0 Å². The average Bonchev–Trinajstić information content (AvgIpc) is 2.40. The van der Waals surface area contributed by atoms with Gasteiger partial charge in [0, 0.05) is 36.3 Å². The summed E-state index contributed by atoms with van der Waals surface area (Å²) in [6.45, 7) is 4.34. The summed E-state index contributed by atoms with van der Waals surface area (Å²) in [7, 11) is 0. The Kier molecular flexibility index (Phi) is 3.62. The van der Waals surface area contributed by atoms with Crippen LogP contribution in [0, 0.1) is 6.92 Å². The van der Waals surface area contributed by atoms with Crippen LogP contribution in [0.5, 0.6) is 0 Å². The molecule has 92 valence electrons. The molecule has 2 rings (SSSR count). The molecule has 0 saturated carbocycles. The van der Waals surface area contributed by atoms with Gasteiger partial charge in [0.15, 0.2) is 0 Å². The van der Waals surface area contributed by atoms with Crippen LogP contribution in [0.3, 0.4) is 0 Å². The molecule has 0 aliphatic rings. The van der Waals surface area contributed by atoms with E-state index in [4.69, 9.17) is 0 Å². The molecule has 5 heteroatoms. The lowest BCUT2D eigenvalue weighted by molar-refractivity contribution is 0.0987. The molecule has 0 saturated heterocycles. The van der Waals surface area contributed by atoms with Crippen molar-refractivity contribution in [3.05, 3.63) is 48.2 Å². The fourth-order valence-corrected chi connectivity index (χ4v) is 1.65. The van der Waals surface area contributed by atoms with Gasteiger partial charge in [-0.2, -0.15) is 0 Å². The number of amides is 1. The van der Waals surface area contributed by atoms with Crippen LogP contribution in [0.2, 0.25) is 0 Å². The average molecular weight is 242 g/mol. The highest BCUT2D eigenvalue weighted by molar-refractivity contribution is 6.05. The number of aryl methyl sites for hydroxylation is 1. The van der Waals surface area contributed by atoms with Crippen molar-refractivity contribution in [2.45, 2.75) is 13.8 Å². The van der Waals surface area contributed by atoms with E-state index in [1.54, 1.807) is 35.5 Å². The Balaban J connectivity index is 2.32. The lowest BCUT2D eigenvalue weighted by Crippen LogP contribution is -2.31. The third kappa shape index (κ3) is 2.51. The lowest BCUT2D eigenvalue weighted by atomic mass is 10.2. The number of anilines is 1. The van der Waals surface area contributed by atoms with E-state index in [2.05, 4.69) is 15.0 Å². The van der Waals surface area contributed by atoms with Gasteiger partial charge in [-0.25, -0.2) is 9.97 Å². The summed E-state index contributed by atoms with van der Waals surface area (Å²) in [5, 5.41) is 0. The lowest BCUT2D eigenvalue weighted by Gasteiger charge is -2.19. The minimum Gasteiger partial charge on any atom is -0.293 e. The summed E-state index contributed by atoms with van der Waals surface area (Å²) in [5.74, 6) is 0.532. The third-order valence-electron chi connectivity index (χ3n) is 2.55. The summed E-state index contributed by atoms with van der Waals surface area (Å²) >= 11 is 0. The Morgan fingerprint density at radius 2 is 2.00 bits per heavy atom. The predicted molar refractivity (Wildman–Crippen MR) is 68.4 cm³/mol. The molecule has 0 aromatic carbocycles. The molecule has 0 N–H and O–H groups in total. The largest absolute Gasteiger partial charge is 0.293 e. The van der Waals surface area contributed by atoms with Crippen molar-refractivity contribution in [1.82, 2.24) is 15.0 Å². The summed E-state index contributed by atoms with van der Waals surface area (Å²) < 4.78 is 0. The zero-order chi connectivity index (χ0) is 13.0. The van der Waals surface area contributed by atoms with Gasteiger partial charge in [-0.1, -0.05) is 0 Å². The monoisotopic (exact) mass is 242 g/mol. The molecule has 0 aliphatic heterocycles. The number of carbonyl (C=O) groups is 1. The standard InChI is InChI=1S/C13H14N4O/c1-3-17(12-8-10(2)15-9-16-12)13(18)11-4-6-14-7-5-11/h4-9H,3H2,1-2H3. The maximum absolute atomic E-state index is 12.3. The van der Waals surface area contributed by atoms with Crippen LogP contribution in [-0.2, 0) is 0 Å². The molecule has 1 amide bonds. The zero-order valence-electron chi connectivity index (χ0n) is 10.4. The van der Waals surface area contributed by atoms with Gasteiger partial charge in [0.25, 0.3) is 5.91 Å². The van der Waals surface area contributed by atoms with Crippen LogP contribution >= 0.6 is 0 Å². The number of pyridine rings is 1. The van der Waals surface area contributed by atoms with Gasteiger partial charge in [-0.15, -0.1) is 0 Å². The molecule has 0 bridgehead atoms. The molecular formula is C13H14N4O. The van der Waals surface area contributed by atoms with Gasteiger partial charge in [0.05, 0.1) is 0 Å². The van der Waals surface area contributed by atoms with Crippen LogP contribution < -0.4 is 4.90 Å². The van der Waals surface area contributed by atoms with Crippen LogP contribution in [-0.4, -0.2) is 27.4 Å². The molecule has 0 aliphatic carbocycles. The van der Waals surface area contributed by atoms with E-state index >= 15 is 0 Å². The first-order valence-corrected chi connectivity index (χ1v) is 5.73. The summed E-state index contributed by atoms with van der Waals surface area (Å²) in [6, 6.07) is 5.18. The second kappa shape index (κ2) is 5.35. The molecule has 0 fully saturated rings. The van der Waals surface area contributed by atoms with Crippen molar-refractivity contribution in [3.8, 4) is 0 Å². The topological polar surface area (TPSA) is 59.0 Å². The Labute approximate surface area is 106 Å². The molecule has 0 atom stereocenters. The molecular weight excluding hydrogens is 228 g/mol. The highest BCUT2D eigenvalue weighted by atomic mass is 16.2. The Bertz CT molecular complexity index is 542. The quantitative estimate of drug-likeness (QED) is 0.824. The van der Waals surface area contributed by atoms with Gasteiger partial charge in [-0.05, 0) is 26.0 Å². The van der Waals surface area contributed by atoms with Crippen LogP contribution in [0.1, 0.15) is 23.0 Å². The summed E-state index contributed by atoms with van der Waals surface area (Å²) in [5.41, 5.74) is 1.43. The predicted octanol–water partition coefficient (Wildman–Crippen LogP) is 1.85. The molecule has 5 nitrogen and oxygen atoms in total. The van der Waals surface area contributed by atoms with Gasteiger partial charge in [-0.3, -0.25) is 14.7 Å². The van der Waals surface area contributed by atoms with Crippen molar-refractivity contribution in [2.75, 3.05) is 11.4 Å². The van der Waals surface area contributed by atoms with Crippen LogP contribution in [0.15, 0.2) is 36.9 Å². The van der Waals surface area contributed by atoms with Crippen LogP contribution in [0.25, 0.3) is 0 Å². The molecule has 2 aromatic heterocycles. The number of rotatable bonds is 3. The van der Waals surface area contributed by atoms with Crippen molar-refractivity contribution in [1.29, 1.82) is 0 Å². The summed E-state index contributed by atoms with van der Waals surface area (Å²) in [4.78, 5) is 26.0. The smallest absolute Gasteiger partial charge is 0.259 e. The van der Waals surface area contributed by atoms with E-state index in [0.717, 1.165) is 5.69 Å². The fourth-order valence-electron chi connectivity index (χ4n) is 1.65. The molecule has 0 radical (unpaired) electrons. The maximum Gasteiger partial charge on any atom is 0.259 e. The fraction of sp³-hybridized carbons (Fsp3) is 0.231. The normalized spacial score (nSPS) is 10.1. The zero-order valence-corrected chi connectivity index (χ0v) is 10.4. The van der Waals surface area contributed by atoms with E-state index < -0.39 is 0 Å². The van der Waals surface area contributed by atoms with Crippen molar-refractivity contribution < 1.29 is 4.79 Å². The molecule has 2 heterocycles. The Hall–Kier alpha value is -2.30. The third-order valence-corrected chi connectivity index (χ3v) is 2.55. The molecule has 2 aromatic rings. The maximum atomic E-state index is 12.3. The first-order valence-electron chi connectivity index (χ1n) is 5.73. The number of hydrogen-bond donors (Lipinski definition) is 0. The minimum atomic E-state index is -0.0852. The van der Waals surface area contributed by atoms with Crippen molar-refractivity contribution >= 4 is 11.7 Å². The molecule has 18 heavy (non-hydrogen) atoms. The second-order valence-electron chi connectivity index (χ2n) is 3.80. The summed E-state index contributed by atoms with van der Waals surface area (Å²) in [6.07, 6.45) is 4.67. The molecule has 0 unspecified atom stereocenters. The van der Waals surface area contributed by atoms with Gasteiger partial charge in [0.2, 0.25) is 0 Å². The van der Waals surface area contributed by atoms with Gasteiger partial charge < -0.3 is 0 Å². The number of hydrogen-bond acceptors (Lipinski definition) is 4. The Morgan fingerprint density at radius 3 is 2.61 bits per heavy atom. The SMILES string of the molecule is CCN(C(=O)c1ccncc1)c1cc(C)ncn1. The van der Waals surface area contributed by atoms with E-state index in [1.165, 1.54) is 6.33 Å². The number of aromatic nitrogens is 3. The van der Waals surface area contributed by atoms with E-state index in [0.29, 0.717) is 17.9 Å². The van der Waals surface area contributed by atoms with Gasteiger partial charge >= 0.3 is 0 Å².